The van der Waals surface area contributed by atoms with Gasteiger partial charge in [-0.3, -0.25) is 24.5 Å². The number of hydrogen-bond acceptors (Lipinski definition) is 6. The fourth-order valence-corrected chi connectivity index (χ4v) is 5.58. The molecule has 1 saturated heterocycles. The zero-order valence-electron chi connectivity index (χ0n) is 22.4. The SMILES string of the molecule is CC(C)(C)OC(=O)NCC(C(=O)NCc1ccc2c(c1)CN(C1CCC(=O)NC1=O)C2=O)C1CCCCC1. The van der Waals surface area contributed by atoms with Crippen molar-refractivity contribution < 1.29 is 28.7 Å². The molecule has 2 heterocycles. The predicted molar refractivity (Wildman–Crippen MR) is 139 cm³/mol. The lowest BCUT2D eigenvalue weighted by molar-refractivity contribution is -0.137. The van der Waals surface area contributed by atoms with E-state index in [-0.39, 0.29) is 55.6 Å². The molecule has 1 aromatic carbocycles. The summed E-state index contributed by atoms with van der Waals surface area (Å²) in [5.74, 6) is -1.27. The monoisotopic (exact) mass is 526 g/mol. The summed E-state index contributed by atoms with van der Waals surface area (Å²) in [6, 6.07) is 4.76. The Balaban J connectivity index is 1.38. The first-order valence-electron chi connectivity index (χ1n) is 13.5. The fraction of sp³-hybridized carbons (Fsp3) is 0.607. The smallest absolute Gasteiger partial charge is 0.407 e. The summed E-state index contributed by atoms with van der Waals surface area (Å²) in [7, 11) is 0. The van der Waals surface area contributed by atoms with Gasteiger partial charge in [-0.05, 0) is 63.1 Å². The van der Waals surface area contributed by atoms with Crippen LogP contribution in [-0.4, -0.2) is 52.8 Å². The average Bonchev–Trinajstić information content (AvgIpc) is 3.18. The van der Waals surface area contributed by atoms with Crippen LogP contribution in [0, 0.1) is 11.8 Å². The van der Waals surface area contributed by atoms with Gasteiger partial charge in [0.1, 0.15) is 11.6 Å². The van der Waals surface area contributed by atoms with Gasteiger partial charge in [0.25, 0.3) is 5.91 Å². The topological polar surface area (TPSA) is 134 Å². The molecule has 10 heteroatoms. The van der Waals surface area contributed by atoms with Crippen molar-refractivity contribution in [3.8, 4) is 0 Å². The van der Waals surface area contributed by atoms with Crippen LogP contribution in [-0.2, 0) is 32.2 Å². The van der Waals surface area contributed by atoms with Crippen LogP contribution in [0.5, 0.6) is 0 Å². The second-order valence-corrected chi connectivity index (χ2v) is 11.5. The molecule has 3 N–H and O–H groups in total. The third-order valence-corrected chi connectivity index (χ3v) is 7.48. The van der Waals surface area contributed by atoms with E-state index in [0.717, 1.165) is 43.2 Å². The second kappa shape index (κ2) is 11.5. The van der Waals surface area contributed by atoms with E-state index in [1.54, 1.807) is 32.9 Å². The van der Waals surface area contributed by atoms with Crippen molar-refractivity contribution in [3.63, 3.8) is 0 Å². The standard InChI is InChI=1S/C28H38N4O6/c1-28(2,3)38-27(37)30-15-21(18-7-5-4-6-8-18)24(34)29-14-17-9-10-20-19(13-17)16-32(26(20)36)22-11-12-23(33)31-25(22)35/h9-10,13,18,21-22H,4-8,11-12,14-16H2,1-3H3,(H,29,34)(H,30,37)(H,31,33,35). The molecular formula is C28H38N4O6. The number of nitrogens with one attached hydrogen (secondary N) is 3. The fourth-order valence-electron chi connectivity index (χ4n) is 5.58. The molecule has 5 amide bonds. The molecule has 38 heavy (non-hydrogen) atoms. The number of piperidine rings is 1. The van der Waals surface area contributed by atoms with E-state index in [2.05, 4.69) is 16.0 Å². The first-order valence-corrected chi connectivity index (χ1v) is 13.5. The lowest BCUT2D eigenvalue weighted by Gasteiger charge is -2.30. The van der Waals surface area contributed by atoms with Gasteiger partial charge in [-0.25, -0.2) is 4.79 Å². The van der Waals surface area contributed by atoms with Gasteiger partial charge in [0.05, 0.1) is 5.92 Å². The van der Waals surface area contributed by atoms with Crippen molar-refractivity contribution in [3.05, 3.63) is 34.9 Å². The minimum atomic E-state index is -0.663. The van der Waals surface area contributed by atoms with Crippen LogP contribution < -0.4 is 16.0 Å². The first kappa shape index (κ1) is 27.6. The van der Waals surface area contributed by atoms with Gasteiger partial charge in [-0.15, -0.1) is 0 Å². The zero-order chi connectivity index (χ0) is 27.4. The second-order valence-electron chi connectivity index (χ2n) is 11.5. The van der Waals surface area contributed by atoms with E-state index in [1.807, 2.05) is 6.07 Å². The van der Waals surface area contributed by atoms with E-state index in [4.69, 9.17) is 4.74 Å². The molecule has 2 unspecified atom stereocenters. The number of carbonyl (C=O) groups excluding carboxylic acids is 5. The Kier molecular flexibility index (Phi) is 8.38. The van der Waals surface area contributed by atoms with Gasteiger partial charge in [0.2, 0.25) is 17.7 Å². The van der Waals surface area contributed by atoms with E-state index in [0.29, 0.717) is 12.0 Å². The quantitative estimate of drug-likeness (QED) is 0.468. The highest BCUT2D eigenvalue weighted by Gasteiger charge is 2.39. The number of imide groups is 1. The number of amides is 5. The number of benzene rings is 1. The molecule has 1 aliphatic carbocycles. The van der Waals surface area contributed by atoms with Crippen LogP contribution in [0.15, 0.2) is 18.2 Å². The van der Waals surface area contributed by atoms with Crippen LogP contribution in [0.2, 0.25) is 0 Å². The van der Waals surface area contributed by atoms with Gasteiger partial charge >= 0.3 is 6.09 Å². The summed E-state index contributed by atoms with van der Waals surface area (Å²) in [6.07, 6.45) is 5.19. The summed E-state index contributed by atoms with van der Waals surface area (Å²) >= 11 is 0. The van der Waals surface area contributed by atoms with Crippen molar-refractivity contribution in [1.82, 2.24) is 20.9 Å². The molecule has 2 atom stereocenters. The largest absolute Gasteiger partial charge is 0.444 e. The molecule has 206 valence electrons. The van der Waals surface area contributed by atoms with Crippen LogP contribution in [0.4, 0.5) is 4.79 Å². The van der Waals surface area contributed by atoms with Crippen molar-refractivity contribution in [2.45, 2.75) is 90.4 Å². The van der Waals surface area contributed by atoms with Crippen molar-refractivity contribution in [2.75, 3.05) is 6.54 Å². The molecule has 1 aromatic rings. The van der Waals surface area contributed by atoms with Gasteiger partial charge in [-0.1, -0.05) is 31.4 Å². The van der Waals surface area contributed by atoms with Gasteiger partial charge in [0, 0.05) is 31.6 Å². The summed E-state index contributed by atoms with van der Waals surface area (Å²) in [4.78, 5) is 63.7. The molecule has 1 saturated carbocycles. The molecule has 10 nitrogen and oxygen atoms in total. The molecular weight excluding hydrogens is 488 g/mol. The number of carbonyl (C=O) groups is 5. The van der Waals surface area contributed by atoms with Gasteiger partial charge < -0.3 is 20.3 Å². The summed E-state index contributed by atoms with van der Waals surface area (Å²) in [5.41, 5.74) is 1.56. The van der Waals surface area contributed by atoms with Gasteiger partial charge in [0.15, 0.2) is 0 Å². The molecule has 0 bridgehead atoms. The number of rotatable bonds is 7. The zero-order valence-corrected chi connectivity index (χ0v) is 22.4. The van der Waals surface area contributed by atoms with E-state index < -0.39 is 23.6 Å². The number of ether oxygens (including phenoxy) is 1. The average molecular weight is 527 g/mol. The maximum atomic E-state index is 13.3. The Bertz CT molecular complexity index is 1110. The minimum absolute atomic E-state index is 0.116. The van der Waals surface area contributed by atoms with Crippen molar-refractivity contribution in [1.29, 1.82) is 0 Å². The van der Waals surface area contributed by atoms with Crippen LogP contribution >= 0.6 is 0 Å². The molecule has 3 aliphatic rings. The highest BCUT2D eigenvalue weighted by atomic mass is 16.6. The first-order chi connectivity index (χ1) is 18.0. The molecule has 0 spiro atoms. The Labute approximate surface area is 223 Å². The number of hydrogen-bond donors (Lipinski definition) is 3. The lowest BCUT2D eigenvalue weighted by Crippen LogP contribution is -2.52. The third-order valence-electron chi connectivity index (χ3n) is 7.48. The van der Waals surface area contributed by atoms with Crippen LogP contribution in [0.3, 0.4) is 0 Å². The highest BCUT2D eigenvalue weighted by molar-refractivity contribution is 6.05. The molecule has 2 aliphatic heterocycles. The normalized spacial score (nSPS) is 21.0. The summed E-state index contributed by atoms with van der Waals surface area (Å²) in [5, 5.41) is 8.11. The summed E-state index contributed by atoms with van der Waals surface area (Å²) < 4.78 is 5.35. The maximum Gasteiger partial charge on any atom is 0.407 e. The number of alkyl carbamates (subject to hydrolysis) is 1. The number of fused-ring (bicyclic) bond motifs is 1. The molecule has 4 rings (SSSR count). The van der Waals surface area contributed by atoms with Gasteiger partial charge in [-0.2, -0.15) is 0 Å². The Morgan fingerprint density at radius 2 is 1.82 bits per heavy atom. The van der Waals surface area contributed by atoms with Crippen LogP contribution in [0.1, 0.15) is 87.2 Å². The highest BCUT2D eigenvalue weighted by Crippen LogP contribution is 2.31. The number of nitrogens with zero attached hydrogens (tertiary/aromatic N) is 1. The molecule has 2 fully saturated rings. The lowest BCUT2D eigenvalue weighted by atomic mass is 9.79. The van der Waals surface area contributed by atoms with Crippen LogP contribution in [0.25, 0.3) is 0 Å². The van der Waals surface area contributed by atoms with E-state index in [9.17, 15) is 24.0 Å². The Hall–Kier alpha value is -3.43. The Morgan fingerprint density at radius 3 is 2.50 bits per heavy atom. The third kappa shape index (κ3) is 6.71. The minimum Gasteiger partial charge on any atom is -0.444 e. The van der Waals surface area contributed by atoms with E-state index >= 15 is 0 Å². The van der Waals surface area contributed by atoms with Crippen molar-refractivity contribution in [2.24, 2.45) is 11.8 Å². The predicted octanol–water partition coefficient (Wildman–Crippen LogP) is 2.79. The maximum absolute atomic E-state index is 13.3. The van der Waals surface area contributed by atoms with E-state index in [1.165, 1.54) is 4.90 Å². The Morgan fingerprint density at radius 1 is 1.08 bits per heavy atom. The van der Waals surface area contributed by atoms with Crippen molar-refractivity contribution >= 4 is 29.7 Å². The summed E-state index contributed by atoms with van der Waals surface area (Å²) in [6.45, 7) is 6.18. The molecule has 0 aromatic heterocycles. The molecule has 0 radical (unpaired) electrons.